The zero-order valence-electron chi connectivity index (χ0n) is 12.5. The molecule has 4 aliphatic carbocycles. The first kappa shape index (κ1) is 12.9. The van der Waals surface area contributed by atoms with Crippen LogP contribution in [0.1, 0.15) is 57.1 Å². The van der Waals surface area contributed by atoms with Gasteiger partial charge in [0.05, 0.1) is 6.20 Å². The highest BCUT2D eigenvalue weighted by atomic mass is 15.3. The molecule has 4 aliphatic rings. The van der Waals surface area contributed by atoms with Crippen molar-refractivity contribution in [2.75, 3.05) is 0 Å². The molecule has 1 aromatic heterocycles. The minimum atomic E-state index is 0.218. The van der Waals surface area contributed by atoms with Crippen LogP contribution in [0.5, 0.6) is 0 Å². The lowest BCUT2D eigenvalue weighted by molar-refractivity contribution is -0.0471. The summed E-state index contributed by atoms with van der Waals surface area (Å²) in [7, 11) is 0. The highest BCUT2D eigenvalue weighted by Gasteiger charge is 2.50. The summed E-state index contributed by atoms with van der Waals surface area (Å²) in [4.78, 5) is 0. The fraction of sp³-hybridized carbons (Fsp3) is 0.824. The summed E-state index contributed by atoms with van der Waals surface area (Å²) in [5, 5.41) is 4.48. The summed E-state index contributed by atoms with van der Waals surface area (Å²) in [6, 6.07) is 0.218. The molecule has 3 heteroatoms. The summed E-state index contributed by atoms with van der Waals surface area (Å²) < 4.78 is 2.06. The van der Waals surface area contributed by atoms with Crippen molar-refractivity contribution in [3.63, 3.8) is 0 Å². The van der Waals surface area contributed by atoms with Crippen LogP contribution in [0, 0.1) is 29.6 Å². The minimum absolute atomic E-state index is 0.218. The van der Waals surface area contributed by atoms with Crippen LogP contribution in [0.2, 0.25) is 0 Å². The van der Waals surface area contributed by atoms with E-state index in [4.69, 9.17) is 5.73 Å². The van der Waals surface area contributed by atoms with Crippen molar-refractivity contribution in [3.05, 3.63) is 18.0 Å². The topological polar surface area (TPSA) is 43.8 Å². The zero-order chi connectivity index (χ0) is 13.7. The van der Waals surface area contributed by atoms with Gasteiger partial charge in [-0.15, -0.1) is 0 Å². The van der Waals surface area contributed by atoms with E-state index in [0.717, 1.165) is 42.6 Å². The van der Waals surface area contributed by atoms with Crippen molar-refractivity contribution < 1.29 is 0 Å². The van der Waals surface area contributed by atoms with Gasteiger partial charge in [-0.3, -0.25) is 4.68 Å². The first-order chi connectivity index (χ1) is 9.74. The Morgan fingerprint density at radius 1 is 1.20 bits per heavy atom. The van der Waals surface area contributed by atoms with Gasteiger partial charge in [-0.05, 0) is 68.1 Å². The number of aromatic nitrogens is 2. The zero-order valence-corrected chi connectivity index (χ0v) is 12.5. The number of nitrogens with two attached hydrogens (primary N) is 1. The second-order valence-electron chi connectivity index (χ2n) is 7.57. The Bertz CT molecular complexity index is 450. The van der Waals surface area contributed by atoms with Crippen LogP contribution in [-0.4, -0.2) is 9.78 Å². The van der Waals surface area contributed by atoms with Gasteiger partial charge >= 0.3 is 0 Å². The number of rotatable bonds is 4. The normalized spacial score (nSPS) is 40.2. The van der Waals surface area contributed by atoms with Gasteiger partial charge in [0, 0.05) is 24.3 Å². The molecule has 4 saturated carbocycles. The van der Waals surface area contributed by atoms with Crippen LogP contribution in [0.3, 0.4) is 0 Å². The van der Waals surface area contributed by atoms with E-state index in [9.17, 15) is 0 Å². The summed E-state index contributed by atoms with van der Waals surface area (Å²) >= 11 is 0. The van der Waals surface area contributed by atoms with E-state index in [1.165, 1.54) is 37.7 Å². The van der Waals surface area contributed by atoms with Gasteiger partial charge in [-0.25, -0.2) is 0 Å². The first-order valence-electron chi connectivity index (χ1n) is 8.52. The maximum absolute atomic E-state index is 6.68. The van der Waals surface area contributed by atoms with Gasteiger partial charge in [0.25, 0.3) is 0 Å². The van der Waals surface area contributed by atoms with Crippen LogP contribution in [0.15, 0.2) is 12.4 Å². The Hall–Kier alpha value is -0.830. The number of hydrogen-bond donors (Lipinski definition) is 1. The van der Waals surface area contributed by atoms with Gasteiger partial charge in [0.15, 0.2) is 0 Å². The van der Waals surface area contributed by atoms with E-state index in [-0.39, 0.29) is 6.04 Å². The molecule has 1 unspecified atom stereocenters. The van der Waals surface area contributed by atoms with Gasteiger partial charge < -0.3 is 5.73 Å². The molecule has 2 N–H and O–H groups in total. The molecule has 0 spiro atoms. The number of nitrogens with zero attached hydrogens (tertiary/aromatic N) is 2. The van der Waals surface area contributed by atoms with Crippen molar-refractivity contribution in [1.29, 1.82) is 0 Å². The molecule has 4 bridgehead atoms. The lowest BCUT2D eigenvalue weighted by atomic mass is 9.50. The monoisotopic (exact) mass is 273 g/mol. The van der Waals surface area contributed by atoms with Crippen LogP contribution < -0.4 is 5.73 Å². The van der Waals surface area contributed by atoms with E-state index < -0.39 is 0 Å². The predicted octanol–water partition coefficient (Wildman–Crippen LogP) is 3.37. The second kappa shape index (κ2) is 4.87. The molecule has 1 aromatic rings. The average molecular weight is 273 g/mol. The van der Waals surface area contributed by atoms with Crippen LogP contribution in [-0.2, 0) is 6.54 Å². The standard InChI is InChI=1S/C17H27N3/c1-2-3-20-10-15(9-19-20)17(18)16-13-5-11-4-12(7-13)8-14(16)6-11/h9-14,16-17H,2-8,18H2,1H3. The third kappa shape index (κ3) is 2.02. The Kier molecular flexibility index (Phi) is 3.13. The van der Waals surface area contributed by atoms with Crippen molar-refractivity contribution in [1.82, 2.24) is 9.78 Å². The fourth-order valence-electron chi connectivity index (χ4n) is 5.68. The van der Waals surface area contributed by atoms with Crippen molar-refractivity contribution in [3.8, 4) is 0 Å². The molecule has 1 atom stereocenters. The summed E-state index contributed by atoms with van der Waals surface area (Å²) in [5.74, 6) is 4.58. The molecule has 0 aliphatic heterocycles. The molecule has 0 aromatic carbocycles. The molecule has 20 heavy (non-hydrogen) atoms. The smallest absolute Gasteiger partial charge is 0.0537 e. The largest absolute Gasteiger partial charge is 0.324 e. The molecular formula is C17H27N3. The molecule has 4 fully saturated rings. The van der Waals surface area contributed by atoms with Gasteiger partial charge in [-0.2, -0.15) is 5.10 Å². The van der Waals surface area contributed by atoms with Crippen LogP contribution in [0.4, 0.5) is 0 Å². The Labute approximate surface area is 121 Å². The van der Waals surface area contributed by atoms with Crippen molar-refractivity contribution in [2.24, 2.45) is 35.3 Å². The van der Waals surface area contributed by atoms with Gasteiger partial charge in [-0.1, -0.05) is 6.92 Å². The Balaban J connectivity index is 1.54. The van der Waals surface area contributed by atoms with E-state index in [2.05, 4.69) is 22.9 Å². The third-order valence-corrected chi connectivity index (χ3v) is 6.21. The summed E-state index contributed by atoms with van der Waals surface area (Å²) in [5.41, 5.74) is 7.95. The van der Waals surface area contributed by atoms with Crippen LogP contribution in [0.25, 0.3) is 0 Å². The van der Waals surface area contributed by atoms with E-state index in [1.807, 2.05) is 6.20 Å². The Morgan fingerprint density at radius 2 is 1.85 bits per heavy atom. The molecule has 0 radical (unpaired) electrons. The molecule has 3 nitrogen and oxygen atoms in total. The van der Waals surface area contributed by atoms with Crippen LogP contribution >= 0.6 is 0 Å². The lowest BCUT2D eigenvalue weighted by Gasteiger charge is -2.56. The average Bonchev–Trinajstić information content (AvgIpc) is 2.86. The van der Waals surface area contributed by atoms with E-state index >= 15 is 0 Å². The number of hydrogen-bond acceptors (Lipinski definition) is 2. The maximum atomic E-state index is 6.68. The summed E-state index contributed by atoms with van der Waals surface area (Å²) in [6.07, 6.45) is 12.7. The Morgan fingerprint density at radius 3 is 2.45 bits per heavy atom. The quantitative estimate of drug-likeness (QED) is 0.914. The van der Waals surface area contributed by atoms with Crippen molar-refractivity contribution >= 4 is 0 Å². The summed E-state index contributed by atoms with van der Waals surface area (Å²) in [6.45, 7) is 3.20. The van der Waals surface area contributed by atoms with Gasteiger partial charge in [0.2, 0.25) is 0 Å². The van der Waals surface area contributed by atoms with E-state index in [0.29, 0.717) is 0 Å². The molecular weight excluding hydrogens is 246 g/mol. The lowest BCUT2D eigenvalue weighted by Crippen LogP contribution is -2.48. The highest BCUT2D eigenvalue weighted by molar-refractivity contribution is 5.14. The molecule has 1 heterocycles. The maximum Gasteiger partial charge on any atom is 0.0537 e. The molecule has 110 valence electrons. The minimum Gasteiger partial charge on any atom is -0.324 e. The first-order valence-corrected chi connectivity index (χ1v) is 8.52. The molecule has 0 saturated heterocycles. The molecule has 0 amide bonds. The predicted molar refractivity (Wildman–Crippen MR) is 80.0 cm³/mol. The molecule has 5 rings (SSSR count). The second-order valence-corrected chi connectivity index (χ2v) is 7.57. The third-order valence-electron chi connectivity index (χ3n) is 6.21. The number of aryl methyl sites for hydroxylation is 1. The van der Waals surface area contributed by atoms with Gasteiger partial charge in [0.1, 0.15) is 0 Å². The van der Waals surface area contributed by atoms with E-state index in [1.54, 1.807) is 0 Å². The SMILES string of the molecule is CCCn1cc(C(N)C2C3CC4CC(C3)CC2C4)cn1. The van der Waals surface area contributed by atoms with Crippen molar-refractivity contribution in [2.45, 2.75) is 58.0 Å². The highest BCUT2D eigenvalue weighted by Crippen LogP contribution is 2.58. The fourth-order valence-corrected chi connectivity index (χ4v) is 5.68.